The van der Waals surface area contributed by atoms with Crippen molar-refractivity contribution in [1.82, 2.24) is 4.72 Å². The molecule has 0 saturated carbocycles. The summed E-state index contributed by atoms with van der Waals surface area (Å²) in [6.07, 6.45) is 0.814. The van der Waals surface area contributed by atoms with Gasteiger partial charge >= 0.3 is 5.97 Å². The van der Waals surface area contributed by atoms with Crippen LogP contribution in [0.15, 0.2) is 0 Å². The van der Waals surface area contributed by atoms with Crippen molar-refractivity contribution >= 4 is 48.4 Å². The van der Waals surface area contributed by atoms with E-state index in [0.717, 1.165) is 6.26 Å². The monoisotopic (exact) mass is 385 g/mol. The lowest BCUT2D eigenvalue weighted by Crippen LogP contribution is -2.36. The van der Waals surface area contributed by atoms with E-state index in [-0.39, 0.29) is 6.54 Å². The van der Waals surface area contributed by atoms with Crippen molar-refractivity contribution in [2.75, 3.05) is 25.0 Å². The minimum atomic E-state index is -3.93. The van der Waals surface area contributed by atoms with Crippen LogP contribution in [0.1, 0.15) is 0 Å². The molecule has 1 unspecified atom stereocenters. The number of sulfonamides is 1. The Balaban J connectivity index is 4.37. The zero-order valence-electron chi connectivity index (χ0n) is 8.64. The van der Waals surface area contributed by atoms with E-state index in [1.807, 2.05) is 4.72 Å². The van der Waals surface area contributed by atoms with Crippen molar-refractivity contribution in [3.05, 3.63) is 0 Å². The maximum Gasteiger partial charge on any atom is 0.319 e. The van der Waals surface area contributed by atoms with Crippen molar-refractivity contribution in [3.63, 3.8) is 0 Å². The quantitative estimate of drug-likeness (QED) is 0.353. The highest BCUT2D eigenvalue weighted by molar-refractivity contribution is 14.1. The van der Waals surface area contributed by atoms with Crippen LogP contribution in [0.4, 0.5) is 0 Å². The lowest BCUT2D eigenvalue weighted by Gasteiger charge is -2.09. The van der Waals surface area contributed by atoms with Gasteiger partial charge in [0.1, 0.15) is 3.92 Å². The molecule has 0 amide bonds. The molecule has 0 fully saturated rings. The van der Waals surface area contributed by atoms with Gasteiger partial charge in [0.25, 0.3) is 0 Å². The molecule has 0 aromatic carbocycles. The van der Waals surface area contributed by atoms with E-state index >= 15 is 0 Å². The minimum Gasteiger partial charge on any atom is -0.468 e. The summed E-state index contributed by atoms with van der Waals surface area (Å²) < 4.78 is 49.7. The molecule has 1 N–H and O–H groups in total. The van der Waals surface area contributed by atoms with E-state index in [1.54, 1.807) is 22.6 Å². The van der Waals surface area contributed by atoms with Gasteiger partial charge in [0.15, 0.2) is 14.9 Å². The maximum absolute atomic E-state index is 11.2. The Labute approximate surface area is 108 Å². The highest BCUT2D eigenvalue weighted by Gasteiger charge is 2.21. The number of ether oxygens (including phenoxy) is 1. The molecule has 0 saturated heterocycles. The lowest BCUT2D eigenvalue weighted by atomic mass is 10.4. The molecule has 0 radical (unpaired) electrons. The average Bonchev–Trinajstić information content (AvgIpc) is 2.09. The van der Waals surface area contributed by atoms with Crippen LogP contribution in [0, 0.1) is 0 Å². The van der Waals surface area contributed by atoms with Gasteiger partial charge in [-0.2, -0.15) is 0 Å². The topological polar surface area (TPSA) is 107 Å². The first-order chi connectivity index (χ1) is 7.07. The Morgan fingerprint density at radius 3 is 2.25 bits per heavy atom. The number of hydrogen-bond acceptors (Lipinski definition) is 6. The smallest absolute Gasteiger partial charge is 0.319 e. The van der Waals surface area contributed by atoms with Crippen LogP contribution in [0.5, 0.6) is 0 Å². The zero-order chi connectivity index (χ0) is 13.0. The second-order valence-corrected chi connectivity index (χ2v) is 8.81. The highest BCUT2D eigenvalue weighted by Crippen LogP contribution is 2.02. The number of halogens is 1. The standard InChI is InChI=1S/C6H12INO6S2/c1-14-6(9)5(7)3-8-16(12,13)4-15(2,10)11/h5,8H,3-4H2,1-2H3. The summed E-state index contributed by atoms with van der Waals surface area (Å²) in [6, 6.07) is 0. The largest absolute Gasteiger partial charge is 0.468 e. The molecule has 0 spiro atoms. The number of carbonyl (C=O) groups is 1. The van der Waals surface area contributed by atoms with Crippen molar-refractivity contribution in [2.45, 2.75) is 3.92 Å². The first-order valence-electron chi connectivity index (χ1n) is 3.94. The number of alkyl halides is 1. The van der Waals surface area contributed by atoms with E-state index in [4.69, 9.17) is 0 Å². The van der Waals surface area contributed by atoms with Crippen molar-refractivity contribution in [2.24, 2.45) is 0 Å². The predicted molar refractivity (Wildman–Crippen MR) is 66.5 cm³/mol. The average molecular weight is 385 g/mol. The fourth-order valence-electron chi connectivity index (χ4n) is 0.735. The second-order valence-electron chi connectivity index (χ2n) is 3.00. The molecule has 0 aromatic heterocycles. The van der Waals surface area contributed by atoms with Gasteiger partial charge in [-0.15, -0.1) is 0 Å². The summed E-state index contributed by atoms with van der Waals surface area (Å²) in [5.41, 5.74) is 0. The van der Waals surface area contributed by atoms with Gasteiger partial charge in [-0.1, -0.05) is 22.6 Å². The van der Waals surface area contributed by atoms with Gasteiger partial charge in [-0.05, 0) is 0 Å². The van der Waals surface area contributed by atoms with Gasteiger partial charge in [0.2, 0.25) is 10.0 Å². The summed E-state index contributed by atoms with van der Waals surface area (Å²) in [5, 5.41) is -0.996. The van der Waals surface area contributed by atoms with Crippen LogP contribution >= 0.6 is 22.6 Å². The summed E-state index contributed by atoms with van der Waals surface area (Å²) in [7, 11) is -6.37. The minimum absolute atomic E-state index is 0.203. The van der Waals surface area contributed by atoms with Crippen LogP contribution < -0.4 is 4.72 Å². The van der Waals surface area contributed by atoms with Gasteiger partial charge in [-0.3, -0.25) is 4.79 Å². The number of esters is 1. The lowest BCUT2D eigenvalue weighted by molar-refractivity contribution is -0.139. The maximum atomic E-state index is 11.2. The molecule has 16 heavy (non-hydrogen) atoms. The third kappa shape index (κ3) is 7.35. The van der Waals surface area contributed by atoms with Gasteiger partial charge in [-0.25, -0.2) is 21.6 Å². The molecule has 0 heterocycles. The SMILES string of the molecule is COC(=O)C(I)CNS(=O)(=O)CS(C)(=O)=O. The normalized spacial score (nSPS) is 14.4. The molecule has 7 nitrogen and oxygen atoms in total. The van der Waals surface area contributed by atoms with E-state index in [9.17, 15) is 21.6 Å². The summed E-state index contributed by atoms with van der Waals surface area (Å²) >= 11 is 1.69. The molecule has 0 aliphatic rings. The molecule has 0 rings (SSSR count). The fraction of sp³-hybridized carbons (Fsp3) is 0.833. The molecule has 10 heteroatoms. The summed E-state index contributed by atoms with van der Waals surface area (Å²) in [4.78, 5) is 10.9. The number of hydrogen-bond donors (Lipinski definition) is 1. The van der Waals surface area contributed by atoms with Gasteiger partial charge in [0.05, 0.1) is 7.11 Å². The van der Waals surface area contributed by atoms with Gasteiger partial charge < -0.3 is 4.74 Å². The van der Waals surface area contributed by atoms with Crippen molar-refractivity contribution in [1.29, 1.82) is 0 Å². The van der Waals surface area contributed by atoms with Gasteiger partial charge in [0, 0.05) is 12.8 Å². The Morgan fingerprint density at radius 2 is 1.88 bits per heavy atom. The third-order valence-electron chi connectivity index (χ3n) is 1.31. The molecule has 0 aliphatic heterocycles. The molecule has 0 aromatic rings. The number of nitrogens with one attached hydrogen (secondary N) is 1. The predicted octanol–water partition coefficient (Wildman–Crippen LogP) is -1.12. The molecular weight excluding hydrogens is 373 g/mol. The van der Waals surface area contributed by atoms with Crippen LogP contribution in [0.2, 0.25) is 0 Å². The van der Waals surface area contributed by atoms with Crippen LogP contribution in [-0.2, 0) is 29.4 Å². The Bertz CT molecular complexity index is 442. The van der Waals surface area contributed by atoms with E-state index < -0.39 is 34.8 Å². The number of rotatable bonds is 6. The second kappa shape index (κ2) is 6.12. The van der Waals surface area contributed by atoms with E-state index in [0.29, 0.717) is 0 Å². The van der Waals surface area contributed by atoms with Crippen molar-refractivity contribution in [3.8, 4) is 0 Å². The molecule has 96 valence electrons. The summed E-state index contributed by atoms with van der Waals surface area (Å²) in [6.45, 7) is -0.203. The Kier molecular flexibility index (Phi) is 6.14. The van der Waals surface area contributed by atoms with E-state index in [1.165, 1.54) is 7.11 Å². The Morgan fingerprint density at radius 1 is 1.38 bits per heavy atom. The number of sulfone groups is 1. The number of methoxy groups -OCH3 is 1. The van der Waals surface area contributed by atoms with Crippen LogP contribution in [-0.4, -0.2) is 51.7 Å². The first-order valence-corrected chi connectivity index (χ1v) is 8.90. The van der Waals surface area contributed by atoms with Crippen molar-refractivity contribution < 1.29 is 26.4 Å². The first kappa shape index (κ1) is 16.1. The molecular formula is C6H12INO6S2. The number of carbonyl (C=O) groups excluding carboxylic acids is 1. The summed E-state index contributed by atoms with van der Waals surface area (Å²) in [5.74, 6) is -0.581. The fourth-order valence-corrected chi connectivity index (χ4v) is 4.52. The van der Waals surface area contributed by atoms with Crippen LogP contribution in [0.3, 0.4) is 0 Å². The van der Waals surface area contributed by atoms with E-state index in [2.05, 4.69) is 4.74 Å². The highest BCUT2D eigenvalue weighted by atomic mass is 127. The Hall–Kier alpha value is 0.0600. The van der Waals surface area contributed by atoms with Crippen LogP contribution in [0.25, 0.3) is 0 Å². The third-order valence-corrected chi connectivity index (χ3v) is 5.82. The molecule has 0 aliphatic carbocycles. The molecule has 0 bridgehead atoms. The zero-order valence-corrected chi connectivity index (χ0v) is 12.4. The molecule has 1 atom stereocenters.